The fourth-order valence-corrected chi connectivity index (χ4v) is 4.97. The van der Waals surface area contributed by atoms with Crippen LogP contribution >= 0.6 is 11.6 Å². The molecule has 7 heteroatoms. The zero-order valence-corrected chi connectivity index (χ0v) is 20.8. The lowest BCUT2D eigenvalue weighted by atomic mass is 10.0. The Balaban J connectivity index is 1.20. The summed E-state index contributed by atoms with van der Waals surface area (Å²) >= 11 is 6.36. The lowest BCUT2D eigenvalue weighted by Gasteiger charge is -2.32. The Morgan fingerprint density at radius 3 is 2.49 bits per heavy atom. The van der Waals surface area contributed by atoms with E-state index in [1.54, 1.807) is 6.20 Å². The topological polar surface area (TPSA) is 67.2 Å². The number of hydrogen-bond acceptors (Lipinski definition) is 3. The van der Waals surface area contributed by atoms with Gasteiger partial charge < -0.3 is 10.2 Å². The van der Waals surface area contributed by atoms with E-state index in [4.69, 9.17) is 11.6 Å². The number of carbonyl (C=O) groups excluding carboxylic acids is 2. The summed E-state index contributed by atoms with van der Waals surface area (Å²) in [5.41, 5.74) is 4.75. The van der Waals surface area contributed by atoms with Gasteiger partial charge in [-0.3, -0.25) is 9.59 Å². The van der Waals surface area contributed by atoms with Crippen molar-refractivity contribution in [3.63, 3.8) is 0 Å². The lowest BCUT2D eigenvalue weighted by molar-refractivity contribution is -0.122. The maximum atomic E-state index is 13.5. The highest BCUT2D eigenvalue weighted by Crippen LogP contribution is 2.43. The summed E-state index contributed by atoms with van der Waals surface area (Å²) in [4.78, 5) is 27.8. The number of aryl methyl sites for hydroxylation is 2. The smallest absolute Gasteiger partial charge is 0.257 e. The first-order valence-corrected chi connectivity index (χ1v) is 12.8. The first-order chi connectivity index (χ1) is 17.0. The molecule has 1 aromatic heterocycles. The van der Waals surface area contributed by atoms with Crippen LogP contribution in [0.15, 0.2) is 54.7 Å². The Morgan fingerprint density at radius 2 is 1.80 bits per heavy atom. The van der Waals surface area contributed by atoms with Gasteiger partial charge >= 0.3 is 0 Å². The number of carbonyl (C=O) groups is 2. The molecular formula is C28H31ClN4O2. The Hall–Kier alpha value is -3.12. The molecule has 2 aliphatic rings. The second-order valence-corrected chi connectivity index (χ2v) is 10.1. The SMILES string of the molecule is Cc1ccc(-n2ncc(C(=O)N3CCC(NC(=O)CCc4ccccc4)CC3)c2C2CC2)cc1Cl. The van der Waals surface area contributed by atoms with Gasteiger partial charge in [0.05, 0.1) is 23.1 Å². The summed E-state index contributed by atoms with van der Waals surface area (Å²) < 4.78 is 1.88. The molecule has 2 amide bonds. The predicted molar refractivity (Wildman–Crippen MR) is 137 cm³/mol. The third-order valence-electron chi connectivity index (χ3n) is 7.03. The first kappa shape index (κ1) is 23.6. The summed E-state index contributed by atoms with van der Waals surface area (Å²) in [7, 11) is 0. The highest BCUT2D eigenvalue weighted by molar-refractivity contribution is 6.31. The van der Waals surface area contributed by atoms with E-state index >= 15 is 0 Å². The average Bonchev–Trinajstić information content (AvgIpc) is 3.63. The molecule has 2 fully saturated rings. The van der Waals surface area contributed by atoms with Gasteiger partial charge in [-0.15, -0.1) is 0 Å². The van der Waals surface area contributed by atoms with Crippen LogP contribution in [0.2, 0.25) is 5.02 Å². The summed E-state index contributed by atoms with van der Waals surface area (Å²) in [5.74, 6) is 0.468. The van der Waals surface area contributed by atoms with Crippen molar-refractivity contribution < 1.29 is 9.59 Å². The van der Waals surface area contributed by atoms with Crippen molar-refractivity contribution in [1.82, 2.24) is 20.0 Å². The van der Waals surface area contributed by atoms with E-state index in [1.165, 1.54) is 5.56 Å². The van der Waals surface area contributed by atoms with Crippen molar-refractivity contribution >= 4 is 23.4 Å². The number of aromatic nitrogens is 2. The van der Waals surface area contributed by atoms with Gasteiger partial charge in [-0.1, -0.05) is 48.0 Å². The Bertz CT molecular complexity index is 1210. The molecule has 0 radical (unpaired) electrons. The van der Waals surface area contributed by atoms with Crippen LogP contribution in [0.4, 0.5) is 0 Å². The second-order valence-electron chi connectivity index (χ2n) is 9.68. The minimum Gasteiger partial charge on any atom is -0.353 e. The monoisotopic (exact) mass is 490 g/mol. The van der Waals surface area contributed by atoms with Crippen molar-refractivity contribution in [1.29, 1.82) is 0 Å². The molecule has 182 valence electrons. The number of likely N-dealkylation sites (tertiary alicyclic amines) is 1. The molecule has 1 saturated carbocycles. The van der Waals surface area contributed by atoms with Crippen molar-refractivity contribution in [2.45, 2.75) is 57.4 Å². The first-order valence-electron chi connectivity index (χ1n) is 12.5. The summed E-state index contributed by atoms with van der Waals surface area (Å²) in [5, 5.41) is 8.44. The predicted octanol–water partition coefficient (Wildman–Crippen LogP) is 5.07. The minimum atomic E-state index is 0.0326. The number of piperidine rings is 1. The average molecular weight is 491 g/mol. The number of nitrogens with one attached hydrogen (secondary N) is 1. The molecule has 2 aromatic carbocycles. The maximum Gasteiger partial charge on any atom is 0.257 e. The van der Waals surface area contributed by atoms with E-state index in [-0.39, 0.29) is 17.9 Å². The van der Waals surface area contributed by atoms with Crippen LogP contribution in [0.3, 0.4) is 0 Å². The van der Waals surface area contributed by atoms with Gasteiger partial charge in [-0.05, 0) is 62.3 Å². The van der Waals surface area contributed by atoms with E-state index in [0.29, 0.717) is 36.0 Å². The highest BCUT2D eigenvalue weighted by atomic mass is 35.5. The van der Waals surface area contributed by atoms with Gasteiger partial charge in [0.2, 0.25) is 5.91 Å². The number of hydrogen-bond donors (Lipinski definition) is 1. The van der Waals surface area contributed by atoms with Crippen LogP contribution in [-0.4, -0.2) is 45.6 Å². The molecule has 0 spiro atoms. The fourth-order valence-electron chi connectivity index (χ4n) is 4.79. The molecular weight excluding hydrogens is 460 g/mol. The molecule has 2 heterocycles. The Labute approximate surface area is 211 Å². The van der Waals surface area contributed by atoms with Crippen molar-refractivity contribution in [3.05, 3.63) is 82.1 Å². The van der Waals surface area contributed by atoms with Gasteiger partial charge in [0, 0.05) is 36.5 Å². The van der Waals surface area contributed by atoms with Gasteiger partial charge in [-0.25, -0.2) is 4.68 Å². The lowest BCUT2D eigenvalue weighted by Crippen LogP contribution is -2.46. The zero-order chi connectivity index (χ0) is 24.4. The Morgan fingerprint density at radius 1 is 1.06 bits per heavy atom. The number of nitrogens with zero attached hydrogens (tertiary/aromatic N) is 3. The fraction of sp³-hybridized carbons (Fsp3) is 0.393. The van der Waals surface area contributed by atoms with Crippen molar-refractivity contribution in [2.75, 3.05) is 13.1 Å². The summed E-state index contributed by atoms with van der Waals surface area (Å²) in [6.07, 6.45) is 6.61. The molecule has 6 nitrogen and oxygen atoms in total. The zero-order valence-electron chi connectivity index (χ0n) is 20.0. The second kappa shape index (κ2) is 10.2. The van der Waals surface area contributed by atoms with Crippen LogP contribution in [0.1, 0.15) is 65.2 Å². The number of benzene rings is 2. The third kappa shape index (κ3) is 5.43. The van der Waals surface area contributed by atoms with Crippen LogP contribution in [0.25, 0.3) is 5.69 Å². The molecule has 0 bridgehead atoms. The molecule has 0 atom stereocenters. The third-order valence-corrected chi connectivity index (χ3v) is 7.44. The van der Waals surface area contributed by atoms with Crippen LogP contribution in [0.5, 0.6) is 0 Å². The van der Waals surface area contributed by atoms with E-state index in [1.807, 2.05) is 65.0 Å². The molecule has 3 aromatic rings. The van der Waals surface area contributed by atoms with E-state index in [9.17, 15) is 9.59 Å². The molecule has 0 unspecified atom stereocenters. The molecule has 1 saturated heterocycles. The molecule has 35 heavy (non-hydrogen) atoms. The summed E-state index contributed by atoms with van der Waals surface area (Å²) in [6.45, 7) is 3.24. The molecule has 1 aliphatic carbocycles. The van der Waals surface area contributed by atoms with Crippen LogP contribution in [-0.2, 0) is 11.2 Å². The molecule has 5 rings (SSSR count). The van der Waals surface area contributed by atoms with Crippen molar-refractivity contribution in [3.8, 4) is 5.69 Å². The number of halogens is 1. The Kier molecular flexibility index (Phi) is 6.91. The van der Waals surface area contributed by atoms with Gasteiger partial charge in [0.25, 0.3) is 5.91 Å². The highest BCUT2D eigenvalue weighted by Gasteiger charge is 2.35. The molecule has 1 N–H and O–H groups in total. The van der Waals surface area contributed by atoms with E-state index in [0.717, 1.165) is 49.0 Å². The molecule has 1 aliphatic heterocycles. The van der Waals surface area contributed by atoms with Gasteiger partial charge in [0.15, 0.2) is 0 Å². The minimum absolute atomic E-state index is 0.0326. The van der Waals surface area contributed by atoms with E-state index in [2.05, 4.69) is 10.4 Å². The normalized spacial score (nSPS) is 16.3. The van der Waals surface area contributed by atoms with Gasteiger partial charge in [0.1, 0.15) is 0 Å². The number of amides is 2. The van der Waals surface area contributed by atoms with Crippen molar-refractivity contribution in [2.24, 2.45) is 0 Å². The maximum absolute atomic E-state index is 13.5. The van der Waals surface area contributed by atoms with Gasteiger partial charge in [-0.2, -0.15) is 5.10 Å². The quantitative estimate of drug-likeness (QED) is 0.503. The summed E-state index contributed by atoms with van der Waals surface area (Å²) in [6, 6.07) is 16.1. The number of rotatable bonds is 7. The van der Waals surface area contributed by atoms with E-state index < -0.39 is 0 Å². The van der Waals surface area contributed by atoms with Crippen LogP contribution in [0, 0.1) is 6.92 Å². The standard InChI is InChI=1S/C28H31ClN4O2/c1-19-7-11-23(17-25(19)29)33-27(21-9-10-21)24(18-30-33)28(35)32-15-13-22(14-16-32)31-26(34)12-8-20-5-3-2-4-6-20/h2-7,11,17-18,21-22H,8-10,12-16H2,1H3,(H,31,34). The van der Waals surface area contributed by atoms with Crippen LogP contribution < -0.4 is 5.32 Å². The largest absolute Gasteiger partial charge is 0.353 e.